The van der Waals surface area contributed by atoms with Gasteiger partial charge in [0.2, 0.25) is 11.2 Å². The molecule has 0 spiro atoms. The summed E-state index contributed by atoms with van der Waals surface area (Å²) in [5.74, 6) is 0.0442. The SMILES string of the molecule is NC(=O)[C@@H]1CCC[C@@H]1Nc1nc(Cl)nc2ccoc12. The lowest BCUT2D eigenvalue weighted by molar-refractivity contribution is -0.121. The molecule has 19 heavy (non-hydrogen) atoms. The van der Waals surface area contributed by atoms with Crippen molar-refractivity contribution in [1.82, 2.24) is 9.97 Å². The molecule has 3 rings (SSSR count). The minimum Gasteiger partial charge on any atom is -0.459 e. The number of nitrogens with one attached hydrogen (secondary N) is 1. The van der Waals surface area contributed by atoms with Crippen molar-refractivity contribution >= 4 is 34.4 Å². The van der Waals surface area contributed by atoms with Crippen LogP contribution >= 0.6 is 11.6 Å². The third-order valence-corrected chi connectivity index (χ3v) is 3.65. The fourth-order valence-electron chi connectivity index (χ4n) is 2.58. The highest BCUT2D eigenvalue weighted by Crippen LogP contribution is 2.30. The number of fused-ring (bicyclic) bond motifs is 1. The highest BCUT2D eigenvalue weighted by molar-refractivity contribution is 6.28. The van der Waals surface area contributed by atoms with Gasteiger partial charge in [-0.1, -0.05) is 6.42 Å². The molecule has 2 aromatic rings. The van der Waals surface area contributed by atoms with Crippen LogP contribution in [0.15, 0.2) is 16.7 Å². The highest BCUT2D eigenvalue weighted by atomic mass is 35.5. The van der Waals surface area contributed by atoms with Crippen LogP contribution in [0.25, 0.3) is 11.1 Å². The molecular formula is C12H13ClN4O2. The van der Waals surface area contributed by atoms with Gasteiger partial charge in [-0.15, -0.1) is 0 Å². The molecule has 7 heteroatoms. The minimum atomic E-state index is -0.286. The second-order valence-electron chi connectivity index (χ2n) is 4.67. The number of hydrogen-bond acceptors (Lipinski definition) is 5. The van der Waals surface area contributed by atoms with E-state index in [0.29, 0.717) is 16.9 Å². The number of carbonyl (C=O) groups excluding carboxylic acids is 1. The first-order valence-electron chi connectivity index (χ1n) is 6.12. The molecule has 1 saturated carbocycles. The fourth-order valence-corrected chi connectivity index (χ4v) is 2.76. The summed E-state index contributed by atoms with van der Waals surface area (Å²) in [6, 6.07) is 1.69. The zero-order valence-electron chi connectivity index (χ0n) is 10.1. The average molecular weight is 281 g/mol. The number of hydrogen-bond donors (Lipinski definition) is 2. The Morgan fingerprint density at radius 2 is 2.32 bits per heavy atom. The summed E-state index contributed by atoms with van der Waals surface area (Å²) >= 11 is 5.87. The van der Waals surface area contributed by atoms with Gasteiger partial charge in [0.25, 0.3) is 0 Å². The number of nitrogens with zero attached hydrogens (tertiary/aromatic N) is 2. The molecule has 0 aromatic carbocycles. The molecule has 2 aromatic heterocycles. The first-order valence-corrected chi connectivity index (χ1v) is 6.49. The maximum absolute atomic E-state index is 11.4. The number of aromatic nitrogens is 2. The van der Waals surface area contributed by atoms with E-state index in [1.807, 2.05) is 0 Å². The van der Waals surface area contributed by atoms with Crippen molar-refractivity contribution in [3.63, 3.8) is 0 Å². The van der Waals surface area contributed by atoms with E-state index in [4.69, 9.17) is 21.8 Å². The van der Waals surface area contributed by atoms with Gasteiger partial charge in [-0.2, -0.15) is 4.98 Å². The number of primary amides is 1. The quantitative estimate of drug-likeness (QED) is 0.838. The molecule has 1 amide bonds. The van der Waals surface area contributed by atoms with E-state index < -0.39 is 0 Å². The van der Waals surface area contributed by atoms with Crippen LogP contribution in [0.5, 0.6) is 0 Å². The van der Waals surface area contributed by atoms with Gasteiger partial charge >= 0.3 is 0 Å². The van der Waals surface area contributed by atoms with Crippen molar-refractivity contribution in [1.29, 1.82) is 0 Å². The lowest BCUT2D eigenvalue weighted by atomic mass is 10.0. The number of amides is 1. The molecule has 1 aliphatic carbocycles. The fraction of sp³-hybridized carbons (Fsp3) is 0.417. The zero-order chi connectivity index (χ0) is 13.4. The van der Waals surface area contributed by atoms with Crippen LogP contribution in [0.4, 0.5) is 5.82 Å². The summed E-state index contributed by atoms with van der Waals surface area (Å²) < 4.78 is 5.35. The largest absolute Gasteiger partial charge is 0.459 e. The van der Waals surface area contributed by atoms with Crippen molar-refractivity contribution in [2.24, 2.45) is 11.7 Å². The number of halogens is 1. The van der Waals surface area contributed by atoms with Crippen molar-refractivity contribution in [3.8, 4) is 0 Å². The molecule has 1 aliphatic rings. The lowest BCUT2D eigenvalue weighted by Gasteiger charge is -2.18. The molecule has 6 nitrogen and oxygen atoms in total. The zero-order valence-corrected chi connectivity index (χ0v) is 10.9. The third-order valence-electron chi connectivity index (χ3n) is 3.48. The van der Waals surface area contributed by atoms with Gasteiger partial charge in [0.05, 0.1) is 12.2 Å². The van der Waals surface area contributed by atoms with Crippen LogP contribution in [0, 0.1) is 5.92 Å². The normalized spacial score (nSPS) is 22.8. The van der Waals surface area contributed by atoms with E-state index in [1.165, 1.54) is 6.26 Å². The van der Waals surface area contributed by atoms with Crippen molar-refractivity contribution in [2.45, 2.75) is 25.3 Å². The molecule has 0 aliphatic heterocycles. The standard InChI is InChI=1S/C12H13ClN4O2/c13-12-16-8-4-5-19-9(8)11(17-12)15-7-3-1-2-6(7)10(14)18/h4-7H,1-3H2,(H2,14,18)(H,15,16,17)/t6-,7+/m1/s1. The Bertz CT molecular complexity index is 627. The van der Waals surface area contributed by atoms with Crippen LogP contribution in [0.2, 0.25) is 5.28 Å². The van der Waals surface area contributed by atoms with E-state index in [-0.39, 0.29) is 23.2 Å². The van der Waals surface area contributed by atoms with Gasteiger partial charge < -0.3 is 15.5 Å². The molecule has 0 bridgehead atoms. The first kappa shape index (κ1) is 12.2. The predicted octanol–water partition coefficient (Wildman–Crippen LogP) is 1.94. The number of furan rings is 1. The van der Waals surface area contributed by atoms with Crippen LogP contribution in [0.3, 0.4) is 0 Å². The maximum atomic E-state index is 11.4. The predicted molar refractivity (Wildman–Crippen MR) is 70.8 cm³/mol. The van der Waals surface area contributed by atoms with Crippen molar-refractivity contribution < 1.29 is 9.21 Å². The Labute approximate surface area is 114 Å². The Balaban J connectivity index is 1.92. The Kier molecular flexibility index (Phi) is 3.02. The molecule has 0 unspecified atom stereocenters. The number of nitrogens with two attached hydrogens (primary N) is 1. The summed E-state index contributed by atoms with van der Waals surface area (Å²) in [5, 5.41) is 3.36. The minimum absolute atomic E-state index is 0.0308. The third kappa shape index (κ3) is 2.23. The van der Waals surface area contributed by atoms with Gasteiger partial charge in [-0.05, 0) is 24.4 Å². The molecule has 0 radical (unpaired) electrons. The van der Waals surface area contributed by atoms with Gasteiger partial charge in [0, 0.05) is 12.1 Å². The maximum Gasteiger partial charge on any atom is 0.225 e. The van der Waals surface area contributed by atoms with Crippen LogP contribution in [-0.4, -0.2) is 21.9 Å². The number of carbonyl (C=O) groups is 1. The van der Waals surface area contributed by atoms with E-state index in [0.717, 1.165) is 19.3 Å². The summed E-state index contributed by atoms with van der Waals surface area (Å²) in [4.78, 5) is 19.6. The average Bonchev–Trinajstić information content (AvgIpc) is 2.96. The Hall–Kier alpha value is -1.82. The molecule has 3 N–H and O–H groups in total. The second-order valence-corrected chi connectivity index (χ2v) is 5.00. The topological polar surface area (TPSA) is 94.0 Å². The number of anilines is 1. The highest BCUT2D eigenvalue weighted by Gasteiger charge is 2.32. The molecule has 2 atom stereocenters. The molecule has 1 fully saturated rings. The molecule has 100 valence electrons. The van der Waals surface area contributed by atoms with E-state index >= 15 is 0 Å². The monoisotopic (exact) mass is 280 g/mol. The smallest absolute Gasteiger partial charge is 0.225 e. The first-order chi connectivity index (χ1) is 9.15. The van der Waals surface area contributed by atoms with Gasteiger partial charge in [0.1, 0.15) is 5.52 Å². The van der Waals surface area contributed by atoms with Crippen molar-refractivity contribution in [3.05, 3.63) is 17.6 Å². The van der Waals surface area contributed by atoms with Crippen molar-refractivity contribution in [2.75, 3.05) is 5.32 Å². The van der Waals surface area contributed by atoms with Crippen LogP contribution in [-0.2, 0) is 4.79 Å². The Morgan fingerprint density at radius 1 is 1.47 bits per heavy atom. The molecule has 2 heterocycles. The van der Waals surface area contributed by atoms with E-state index in [9.17, 15) is 4.79 Å². The van der Waals surface area contributed by atoms with Gasteiger partial charge in [-0.3, -0.25) is 4.79 Å². The summed E-state index contributed by atoms with van der Waals surface area (Å²) in [6.45, 7) is 0. The lowest BCUT2D eigenvalue weighted by Crippen LogP contribution is -2.34. The van der Waals surface area contributed by atoms with E-state index in [1.54, 1.807) is 6.07 Å². The molecule has 0 saturated heterocycles. The molecular weight excluding hydrogens is 268 g/mol. The summed E-state index contributed by atoms with van der Waals surface area (Å²) in [5.41, 5.74) is 6.58. The Morgan fingerprint density at radius 3 is 3.11 bits per heavy atom. The second kappa shape index (κ2) is 4.70. The van der Waals surface area contributed by atoms with Gasteiger partial charge in [0.15, 0.2) is 11.4 Å². The summed E-state index contributed by atoms with van der Waals surface area (Å²) in [6.07, 6.45) is 4.16. The summed E-state index contributed by atoms with van der Waals surface area (Å²) in [7, 11) is 0. The van der Waals surface area contributed by atoms with Crippen LogP contribution in [0.1, 0.15) is 19.3 Å². The number of rotatable bonds is 3. The van der Waals surface area contributed by atoms with E-state index in [2.05, 4.69) is 15.3 Å². The van der Waals surface area contributed by atoms with Crippen LogP contribution < -0.4 is 11.1 Å². The van der Waals surface area contributed by atoms with Gasteiger partial charge in [-0.25, -0.2) is 4.98 Å².